The van der Waals surface area contributed by atoms with E-state index in [1.165, 1.54) is 43.0 Å². The largest absolute Gasteiger partial charge is 0.465 e. The maximum absolute atomic E-state index is 12.3. The van der Waals surface area contributed by atoms with Crippen molar-refractivity contribution in [3.8, 4) is 0 Å². The van der Waals surface area contributed by atoms with Gasteiger partial charge in [-0.2, -0.15) is 4.98 Å². The lowest BCUT2D eigenvalue weighted by Gasteiger charge is -2.30. The predicted molar refractivity (Wildman–Crippen MR) is 164 cm³/mol. The van der Waals surface area contributed by atoms with Crippen LogP contribution in [-0.2, 0) is 24.1 Å². The molecule has 1 aromatic carbocycles. The van der Waals surface area contributed by atoms with Gasteiger partial charge in [0, 0.05) is 54.8 Å². The molecule has 6 rings (SSSR count). The molecule has 41 heavy (non-hydrogen) atoms. The van der Waals surface area contributed by atoms with Gasteiger partial charge in [0.05, 0.1) is 24.1 Å². The van der Waals surface area contributed by atoms with Gasteiger partial charge in [-0.05, 0) is 63.5 Å². The SMILES string of the molecule is COC(=O)c1ccccc1Sc1nc2sccn2c1CNC1CCC(Nc2nc3c(c(N(C)C)n2)CCCC3)CC1. The molecule has 0 radical (unpaired) electrons. The van der Waals surface area contributed by atoms with Crippen molar-refractivity contribution >= 4 is 45.8 Å². The van der Waals surface area contributed by atoms with Crippen molar-refractivity contribution in [2.75, 3.05) is 31.4 Å². The van der Waals surface area contributed by atoms with Crippen LogP contribution in [0.25, 0.3) is 4.96 Å². The standard InChI is InChI=1S/C30H37N7O2S2/c1-36(2)26-21-8-4-6-10-23(21)33-29(34-26)32-20-14-12-19(13-15-20)31-18-24-27(35-30-37(24)16-17-40-30)41-25-11-7-5-9-22(25)28(38)39-3/h5,7,9,11,16-17,19-20,31H,4,6,8,10,12-15,18H2,1-3H3,(H,32,33,34). The summed E-state index contributed by atoms with van der Waals surface area (Å²) in [5.74, 6) is 1.51. The van der Waals surface area contributed by atoms with E-state index < -0.39 is 0 Å². The highest BCUT2D eigenvalue weighted by molar-refractivity contribution is 7.99. The number of aryl methyl sites for hydroxylation is 1. The number of methoxy groups -OCH3 is 1. The van der Waals surface area contributed by atoms with E-state index in [-0.39, 0.29) is 5.97 Å². The summed E-state index contributed by atoms with van der Waals surface area (Å²) in [4.78, 5) is 31.0. The van der Waals surface area contributed by atoms with E-state index in [4.69, 9.17) is 19.7 Å². The number of hydrogen-bond donors (Lipinski definition) is 2. The predicted octanol–water partition coefficient (Wildman–Crippen LogP) is 5.58. The fourth-order valence-electron chi connectivity index (χ4n) is 5.87. The van der Waals surface area contributed by atoms with Gasteiger partial charge >= 0.3 is 5.97 Å². The molecule has 3 aromatic heterocycles. The smallest absolute Gasteiger partial charge is 0.339 e. The van der Waals surface area contributed by atoms with Gasteiger partial charge in [-0.1, -0.05) is 23.9 Å². The first kappa shape index (κ1) is 28.0. The molecule has 2 aliphatic rings. The van der Waals surface area contributed by atoms with Crippen molar-refractivity contribution in [1.82, 2.24) is 24.7 Å². The number of esters is 1. The van der Waals surface area contributed by atoms with Gasteiger partial charge in [0.15, 0.2) is 4.96 Å². The fraction of sp³-hybridized carbons (Fsp3) is 0.467. The van der Waals surface area contributed by atoms with E-state index >= 15 is 0 Å². The van der Waals surface area contributed by atoms with Gasteiger partial charge < -0.3 is 20.3 Å². The number of benzene rings is 1. The Labute approximate surface area is 249 Å². The van der Waals surface area contributed by atoms with Crippen molar-refractivity contribution in [1.29, 1.82) is 0 Å². The van der Waals surface area contributed by atoms with E-state index in [2.05, 4.69) is 45.6 Å². The van der Waals surface area contributed by atoms with Gasteiger partial charge in [0.2, 0.25) is 5.95 Å². The Kier molecular flexibility index (Phi) is 8.45. The Morgan fingerprint density at radius 2 is 1.88 bits per heavy atom. The van der Waals surface area contributed by atoms with E-state index in [0.29, 0.717) is 24.2 Å². The Morgan fingerprint density at radius 3 is 2.68 bits per heavy atom. The van der Waals surface area contributed by atoms with Crippen molar-refractivity contribution in [3.05, 3.63) is 58.4 Å². The minimum absolute atomic E-state index is 0.335. The number of carbonyl (C=O) groups is 1. The topological polar surface area (TPSA) is 96.7 Å². The number of imidazole rings is 1. The summed E-state index contributed by atoms with van der Waals surface area (Å²) < 4.78 is 7.16. The third-order valence-corrected chi connectivity index (χ3v) is 9.88. The maximum atomic E-state index is 12.3. The summed E-state index contributed by atoms with van der Waals surface area (Å²) in [6.45, 7) is 0.712. The second-order valence-electron chi connectivity index (χ2n) is 11.0. The number of anilines is 2. The molecule has 216 valence electrons. The highest BCUT2D eigenvalue weighted by atomic mass is 32.2. The average molecular weight is 592 g/mol. The van der Waals surface area contributed by atoms with Gasteiger partial charge in [-0.25, -0.2) is 14.8 Å². The molecular weight excluding hydrogens is 555 g/mol. The van der Waals surface area contributed by atoms with Crippen LogP contribution in [0.1, 0.15) is 65.8 Å². The molecule has 0 amide bonds. The fourth-order valence-corrected chi connectivity index (χ4v) is 7.70. The Morgan fingerprint density at radius 1 is 1.10 bits per heavy atom. The van der Waals surface area contributed by atoms with Crippen LogP contribution in [0.2, 0.25) is 0 Å². The number of nitrogens with zero attached hydrogens (tertiary/aromatic N) is 5. The van der Waals surface area contributed by atoms with Crippen molar-refractivity contribution < 1.29 is 9.53 Å². The molecular formula is C30H37N7O2S2. The van der Waals surface area contributed by atoms with Crippen LogP contribution < -0.4 is 15.5 Å². The summed E-state index contributed by atoms with van der Waals surface area (Å²) >= 11 is 3.14. The lowest BCUT2D eigenvalue weighted by Crippen LogP contribution is -2.37. The molecule has 0 saturated heterocycles. The minimum atomic E-state index is -0.335. The Hall–Kier alpha value is -3.15. The zero-order valence-electron chi connectivity index (χ0n) is 23.9. The minimum Gasteiger partial charge on any atom is -0.465 e. The highest BCUT2D eigenvalue weighted by Crippen LogP contribution is 2.35. The van der Waals surface area contributed by atoms with Gasteiger partial charge in [-0.15, -0.1) is 11.3 Å². The molecule has 2 aliphatic carbocycles. The third kappa shape index (κ3) is 6.07. The zero-order valence-corrected chi connectivity index (χ0v) is 25.5. The molecule has 2 N–H and O–H groups in total. The lowest BCUT2D eigenvalue weighted by molar-refractivity contribution is 0.0597. The summed E-state index contributed by atoms with van der Waals surface area (Å²) in [7, 11) is 5.56. The molecule has 0 atom stereocenters. The van der Waals surface area contributed by atoms with Crippen LogP contribution >= 0.6 is 23.1 Å². The number of rotatable bonds is 9. The molecule has 0 unspecified atom stereocenters. The second kappa shape index (κ2) is 12.4. The number of fused-ring (bicyclic) bond motifs is 2. The average Bonchev–Trinajstić information content (AvgIpc) is 3.57. The number of nitrogens with one attached hydrogen (secondary N) is 2. The van der Waals surface area contributed by atoms with Crippen molar-refractivity contribution in [3.63, 3.8) is 0 Å². The Bertz CT molecular complexity index is 1520. The summed E-state index contributed by atoms with van der Waals surface area (Å²) in [5.41, 5.74) is 4.22. The van der Waals surface area contributed by atoms with Crippen molar-refractivity contribution in [2.45, 2.75) is 79.9 Å². The van der Waals surface area contributed by atoms with Crippen LogP contribution in [0.3, 0.4) is 0 Å². The first-order chi connectivity index (χ1) is 20.0. The molecule has 11 heteroatoms. The number of thiazole rings is 1. The molecule has 0 spiro atoms. The van der Waals surface area contributed by atoms with E-state index in [1.807, 2.05) is 18.2 Å². The molecule has 0 bridgehead atoms. The first-order valence-corrected chi connectivity index (χ1v) is 16.1. The summed E-state index contributed by atoms with van der Waals surface area (Å²) in [6, 6.07) is 8.35. The molecule has 1 fully saturated rings. The van der Waals surface area contributed by atoms with Gasteiger partial charge in [0.1, 0.15) is 10.8 Å². The van der Waals surface area contributed by atoms with Gasteiger partial charge in [-0.3, -0.25) is 4.40 Å². The molecule has 4 aromatic rings. The number of ether oxygens (including phenoxy) is 1. The molecule has 1 saturated carbocycles. The van der Waals surface area contributed by atoms with Gasteiger partial charge in [0.25, 0.3) is 0 Å². The molecule has 0 aliphatic heterocycles. The maximum Gasteiger partial charge on any atom is 0.339 e. The number of hydrogen-bond acceptors (Lipinski definition) is 10. The van der Waals surface area contributed by atoms with Crippen LogP contribution in [0.4, 0.5) is 11.8 Å². The molecule has 3 heterocycles. The summed E-state index contributed by atoms with van der Waals surface area (Å²) in [5, 5.41) is 10.4. The highest BCUT2D eigenvalue weighted by Gasteiger charge is 2.25. The van der Waals surface area contributed by atoms with Crippen LogP contribution in [0.15, 0.2) is 45.8 Å². The van der Waals surface area contributed by atoms with Crippen LogP contribution in [-0.4, -0.2) is 58.6 Å². The van der Waals surface area contributed by atoms with E-state index in [9.17, 15) is 4.79 Å². The van der Waals surface area contributed by atoms with E-state index in [0.717, 1.165) is 70.9 Å². The van der Waals surface area contributed by atoms with Crippen LogP contribution in [0.5, 0.6) is 0 Å². The second-order valence-corrected chi connectivity index (χ2v) is 12.9. The Balaban J connectivity index is 1.09. The lowest BCUT2D eigenvalue weighted by atomic mass is 9.91. The first-order valence-electron chi connectivity index (χ1n) is 14.4. The number of carbonyl (C=O) groups excluding carboxylic acids is 1. The quantitative estimate of drug-likeness (QED) is 0.242. The van der Waals surface area contributed by atoms with Crippen molar-refractivity contribution in [2.24, 2.45) is 0 Å². The van der Waals surface area contributed by atoms with Crippen LogP contribution in [0, 0.1) is 0 Å². The van der Waals surface area contributed by atoms with E-state index in [1.54, 1.807) is 17.4 Å². The monoisotopic (exact) mass is 591 g/mol. The molecule has 9 nitrogen and oxygen atoms in total. The third-order valence-electron chi connectivity index (χ3n) is 8.03. The zero-order chi connectivity index (χ0) is 28.3. The summed E-state index contributed by atoms with van der Waals surface area (Å²) in [6.07, 6.45) is 10.9. The number of aromatic nitrogens is 4. The normalized spacial score (nSPS) is 18.7.